The molecule has 4 atom stereocenters. The predicted molar refractivity (Wildman–Crippen MR) is 67.8 cm³/mol. The molecule has 0 aromatic carbocycles. The number of nitrogens with one attached hydrogen (secondary N) is 1. The molecule has 1 heterocycles. The van der Waals surface area contributed by atoms with Crippen LogP contribution in [0.3, 0.4) is 0 Å². The van der Waals surface area contributed by atoms with Crippen molar-refractivity contribution in [3.05, 3.63) is 21.3 Å². The average molecular weight is 254 g/mol. The molecular weight excluding hydrogens is 238 g/mol. The van der Waals surface area contributed by atoms with Gasteiger partial charge >= 0.3 is 0 Å². The van der Waals surface area contributed by atoms with Gasteiger partial charge in [0.05, 0.1) is 4.34 Å². The largest absolute Gasteiger partial charge is 0.309 e. The lowest BCUT2D eigenvalue weighted by Crippen LogP contribution is -2.21. The molecule has 3 aliphatic rings. The van der Waals surface area contributed by atoms with Crippen molar-refractivity contribution in [3.63, 3.8) is 0 Å². The Kier molecular flexibility index (Phi) is 2.15. The minimum atomic E-state index is 0.840. The number of thiophene rings is 1. The van der Waals surface area contributed by atoms with Crippen LogP contribution >= 0.6 is 22.9 Å². The standard InChI is InChI=1S/C13H16ClNS/c14-10-4-3-9(16-10)6-15-13-11-7-1-2-8(5-7)12(11)13/h3-4,7-8,11-13,15H,1-2,5-6H2. The van der Waals surface area contributed by atoms with Gasteiger partial charge in [0, 0.05) is 17.5 Å². The number of hydrogen-bond acceptors (Lipinski definition) is 2. The first-order valence-electron chi connectivity index (χ1n) is 6.30. The van der Waals surface area contributed by atoms with E-state index in [2.05, 4.69) is 11.4 Å². The Morgan fingerprint density at radius 1 is 1.25 bits per heavy atom. The van der Waals surface area contributed by atoms with Gasteiger partial charge in [0.15, 0.2) is 0 Å². The van der Waals surface area contributed by atoms with Crippen molar-refractivity contribution in [1.29, 1.82) is 0 Å². The Labute approximate surface area is 105 Å². The van der Waals surface area contributed by atoms with Crippen LogP contribution in [0, 0.1) is 23.7 Å². The van der Waals surface area contributed by atoms with Gasteiger partial charge in [-0.15, -0.1) is 11.3 Å². The molecule has 4 unspecified atom stereocenters. The fraction of sp³-hybridized carbons (Fsp3) is 0.692. The number of fused-ring (bicyclic) bond motifs is 5. The van der Waals surface area contributed by atoms with Crippen molar-refractivity contribution < 1.29 is 0 Å². The quantitative estimate of drug-likeness (QED) is 0.869. The van der Waals surface area contributed by atoms with Gasteiger partial charge in [0.2, 0.25) is 0 Å². The summed E-state index contributed by atoms with van der Waals surface area (Å²) in [4.78, 5) is 1.38. The molecule has 3 fully saturated rings. The third kappa shape index (κ3) is 1.40. The Morgan fingerprint density at radius 2 is 2.00 bits per heavy atom. The number of hydrogen-bond donors (Lipinski definition) is 1. The summed E-state index contributed by atoms with van der Waals surface area (Å²) in [5.41, 5.74) is 0. The summed E-state index contributed by atoms with van der Waals surface area (Å²) in [7, 11) is 0. The van der Waals surface area contributed by atoms with E-state index in [0.29, 0.717) is 0 Å². The molecule has 3 saturated carbocycles. The second kappa shape index (κ2) is 3.47. The summed E-state index contributed by atoms with van der Waals surface area (Å²) in [5.74, 6) is 4.21. The van der Waals surface area contributed by atoms with Gasteiger partial charge in [-0.2, -0.15) is 0 Å². The highest BCUT2D eigenvalue weighted by atomic mass is 35.5. The minimum Gasteiger partial charge on any atom is -0.309 e. The topological polar surface area (TPSA) is 12.0 Å². The van der Waals surface area contributed by atoms with Crippen molar-refractivity contribution in [2.24, 2.45) is 23.7 Å². The van der Waals surface area contributed by atoms with E-state index in [0.717, 1.165) is 40.6 Å². The van der Waals surface area contributed by atoms with Gasteiger partial charge in [-0.3, -0.25) is 0 Å². The van der Waals surface area contributed by atoms with Crippen molar-refractivity contribution in [1.82, 2.24) is 5.32 Å². The third-order valence-electron chi connectivity index (χ3n) is 4.88. The van der Waals surface area contributed by atoms with Crippen LogP contribution in [0.4, 0.5) is 0 Å². The molecule has 0 amide bonds. The fourth-order valence-corrected chi connectivity index (χ4v) is 5.30. The van der Waals surface area contributed by atoms with Gasteiger partial charge in [-0.05, 0) is 55.1 Å². The molecule has 1 aromatic heterocycles. The SMILES string of the molecule is Clc1ccc(CNC2C3C4CCC(C4)C23)s1. The van der Waals surface area contributed by atoms with Gasteiger partial charge in [0.1, 0.15) is 0 Å². The average Bonchev–Trinajstić information content (AvgIpc) is 2.70. The normalized spacial score (nSPS) is 43.7. The number of rotatable bonds is 3. The first kappa shape index (κ1) is 9.93. The number of halogens is 1. The van der Waals surface area contributed by atoms with Crippen LogP contribution in [0.1, 0.15) is 24.1 Å². The molecule has 2 bridgehead atoms. The summed E-state index contributed by atoms with van der Waals surface area (Å²) < 4.78 is 0.910. The smallest absolute Gasteiger partial charge is 0.0931 e. The van der Waals surface area contributed by atoms with E-state index in [1.165, 1.54) is 17.7 Å². The second-order valence-corrected chi connectivity index (χ2v) is 7.40. The first-order valence-corrected chi connectivity index (χ1v) is 7.50. The van der Waals surface area contributed by atoms with E-state index in [1.54, 1.807) is 17.8 Å². The van der Waals surface area contributed by atoms with Crippen molar-refractivity contribution in [2.45, 2.75) is 31.8 Å². The third-order valence-corrected chi connectivity index (χ3v) is 6.11. The molecule has 0 radical (unpaired) electrons. The molecule has 0 saturated heterocycles. The minimum absolute atomic E-state index is 0.840. The predicted octanol–water partition coefficient (Wildman–Crippen LogP) is 3.54. The molecule has 0 spiro atoms. The van der Waals surface area contributed by atoms with E-state index in [1.807, 2.05) is 6.07 Å². The van der Waals surface area contributed by atoms with Crippen LogP contribution in [-0.2, 0) is 6.54 Å². The van der Waals surface area contributed by atoms with Crippen molar-refractivity contribution in [3.8, 4) is 0 Å². The highest BCUT2D eigenvalue weighted by Crippen LogP contribution is 2.65. The molecule has 16 heavy (non-hydrogen) atoms. The van der Waals surface area contributed by atoms with E-state index >= 15 is 0 Å². The molecule has 4 rings (SSSR count). The van der Waals surface area contributed by atoms with E-state index in [4.69, 9.17) is 11.6 Å². The molecule has 3 heteroatoms. The Bertz CT molecular complexity index is 400. The monoisotopic (exact) mass is 253 g/mol. The van der Waals surface area contributed by atoms with Gasteiger partial charge in [-0.25, -0.2) is 0 Å². The maximum Gasteiger partial charge on any atom is 0.0931 e. The molecule has 1 aromatic rings. The highest BCUT2D eigenvalue weighted by molar-refractivity contribution is 7.16. The van der Waals surface area contributed by atoms with Crippen LogP contribution in [0.2, 0.25) is 4.34 Å². The van der Waals surface area contributed by atoms with Gasteiger partial charge in [0.25, 0.3) is 0 Å². The van der Waals surface area contributed by atoms with Crippen molar-refractivity contribution in [2.75, 3.05) is 0 Å². The lowest BCUT2D eigenvalue weighted by molar-refractivity contribution is 0.456. The zero-order valence-corrected chi connectivity index (χ0v) is 10.7. The van der Waals surface area contributed by atoms with Crippen LogP contribution in [-0.4, -0.2) is 6.04 Å². The maximum absolute atomic E-state index is 5.93. The van der Waals surface area contributed by atoms with E-state index in [9.17, 15) is 0 Å². The van der Waals surface area contributed by atoms with Crippen LogP contribution < -0.4 is 5.32 Å². The van der Waals surface area contributed by atoms with Crippen LogP contribution in [0.25, 0.3) is 0 Å². The summed E-state index contributed by atoms with van der Waals surface area (Å²) in [6, 6.07) is 4.99. The van der Waals surface area contributed by atoms with Crippen molar-refractivity contribution >= 4 is 22.9 Å². The summed E-state index contributed by atoms with van der Waals surface area (Å²) in [5, 5.41) is 3.74. The Hall–Kier alpha value is -0.0500. The van der Waals surface area contributed by atoms with Crippen LogP contribution in [0.5, 0.6) is 0 Å². The molecule has 1 N–H and O–H groups in total. The molecule has 1 nitrogen and oxygen atoms in total. The van der Waals surface area contributed by atoms with Gasteiger partial charge < -0.3 is 5.32 Å². The summed E-state index contributed by atoms with van der Waals surface area (Å²) in [6.45, 7) is 1.02. The molecule has 86 valence electrons. The zero-order chi connectivity index (χ0) is 10.7. The lowest BCUT2D eigenvalue weighted by atomic mass is 10.0. The molecule has 0 aliphatic heterocycles. The first-order chi connectivity index (χ1) is 7.83. The molecular formula is C13H16ClNS. The van der Waals surface area contributed by atoms with E-state index < -0.39 is 0 Å². The lowest BCUT2D eigenvalue weighted by Gasteiger charge is -2.09. The van der Waals surface area contributed by atoms with Crippen LogP contribution in [0.15, 0.2) is 12.1 Å². The Balaban J connectivity index is 1.37. The Morgan fingerprint density at radius 3 is 2.62 bits per heavy atom. The fourth-order valence-electron chi connectivity index (χ4n) is 4.26. The zero-order valence-electron chi connectivity index (χ0n) is 9.16. The highest BCUT2D eigenvalue weighted by Gasteiger charge is 2.64. The van der Waals surface area contributed by atoms with E-state index in [-0.39, 0.29) is 0 Å². The summed E-state index contributed by atoms with van der Waals surface area (Å²) in [6.07, 6.45) is 4.56. The second-order valence-electron chi connectivity index (χ2n) is 5.60. The van der Waals surface area contributed by atoms with Gasteiger partial charge in [-0.1, -0.05) is 11.6 Å². The molecule has 3 aliphatic carbocycles. The maximum atomic E-state index is 5.93. The summed E-state index contributed by atoms with van der Waals surface area (Å²) >= 11 is 7.64.